The number of carboxylic acid groups (broad SMARTS) is 1. The molecule has 1 aromatic carbocycles. The Hall–Kier alpha value is -3.16. The summed E-state index contributed by atoms with van der Waals surface area (Å²) in [6.45, 7) is 6.58. The van der Waals surface area contributed by atoms with Crippen molar-refractivity contribution in [3.05, 3.63) is 53.3 Å². The number of nitrogens with zero attached hydrogens (tertiary/aromatic N) is 4. The molecule has 2 rings (SSSR count). The normalized spacial score (nSPS) is 11.1. The molecule has 1 aromatic heterocycles. The number of aromatic carboxylic acids is 1. The van der Waals surface area contributed by atoms with Crippen LogP contribution in [-0.4, -0.2) is 64.8 Å². The van der Waals surface area contributed by atoms with Gasteiger partial charge in [-0.15, -0.1) is 0 Å². The third-order valence-electron chi connectivity index (χ3n) is 4.62. The van der Waals surface area contributed by atoms with E-state index in [9.17, 15) is 14.7 Å². The van der Waals surface area contributed by atoms with Gasteiger partial charge in [0.05, 0.1) is 11.3 Å². The van der Waals surface area contributed by atoms with E-state index >= 15 is 0 Å². The molecule has 0 unspecified atom stereocenters. The number of hydrogen-bond acceptors (Lipinski definition) is 6. The number of likely N-dealkylation sites (N-methyl/N-ethyl adjacent to an activating group) is 1. The summed E-state index contributed by atoms with van der Waals surface area (Å²) >= 11 is 0. The lowest BCUT2D eigenvalue weighted by molar-refractivity contribution is 0.0296. The van der Waals surface area contributed by atoms with Crippen LogP contribution in [0.2, 0.25) is 0 Å². The number of anilines is 1. The van der Waals surface area contributed by atoms with E-state index in [1.165, 1.54) is 16.7 Å². The van der Waals surface area contributed by atoms with Crippen LogP contribution >= 0.6 is 0 Å². The summed E-state index contributed by atoms with van der Waals surface area (Å²) in [5.41, 5.74) is 1.19. The average Bonchev–Trinajstić information content (AvgIpc) is 2.71. The van der Waals surface area contributed by atoms with Gasteiger partial charge in [0.15, 0.2) is 0 Å². The fourth-order valence-corrected chi connectivity index (χ4v) is 2.92. The van der Waals surface area contributed by atoms with Crippen LogP contribution in [0.3, 0.4) is 0 Å². The van der Waals surface area contributed by atoms with E-state index in [2.05, 4.69) is 22.1 Å². The van der Waals surface area contributed by atoms with E-state index in [0.29, 0.717) is 37.6 Å². The van der Waals surface area contributed by atoms with Crippen LogP contribution in [0.15, 0.2) is 36.5 Å². The Kier molecular flexibility index (Phi) is 8.36. The Balaban J connectivity index is 2.01. The molecule has 0 radical (unpaired) electrons. The van der Waals surface area contributed by atoms with Crippen molar-refractivity contribution in [3.8, 4) is 0 Å². The van der Waals surface area contributed by atoms with Gasteiger partial charge in [-0.3, -0.25) is 0 Å². The SMILES string of the molecule is CN(CCCc1nc(N(C)CCc2ccccc2)ncc1C(=O)O)C(=O)OC(C)(C)C. The van der Waals surface area contributed by atoms with Crippen molar-refractivity contribution in [3.63, 3.8) is 0 Å². The zero-order valence-corrected chi connectivity index (χ0v) is 19.0. The number of carbonyl (C=O) groups is 2. The molecule has 0 aliphatic rings. The van der Waals surface area contributed by atoms with Crippen LogP contribution in [0.1, 0.15) is 48.8 Å². The standard InChI is InChI=1S/C23H32N4O4/c1-23(2,3)31-22(30)27(5)14-9-12-19-18(20(28)29)16-24-21(25-19)26(4)15-13-17-10-7-6-8-11-17/h6-8,10-11,16H,9,12-15H2,1-5H3,(H,28,29). The zero-order chi connectivity index (χ0) is 23.0. The average molecular weight is 429 g/mol. The van der Waals surface area contributed by atoms with Gasteiger partial charge in [0, 0.05) is 33.4 Å². The van der Waals surface area contributed by atoms with Gasteiger partial charge in [0.2, 0.25) is 5.95 Å². The Morgan fingerprint density at radius 1 is 1.06 bits per heavy atom. The second-order valence-electron chi connectivity index (χ2n) is 8.50. The number of ether oxygens (including phenoxy) is 1. The third-order valence-corrected chi connectivity index (χ3v) is 4.62. The van der Waals surface area contributed by atoms with Gasteiger partial charge in [-0.25, -0.2) is 19.6 Å². The molecule has 0 aliphatic heterocycles. The Morgan fingerprint density at radius 3 is 2.35 bits per heavy atom. The highest BCUT2D eigenvalue weighted by molar-refractivity contribution is 5.88. The van der Waals surface area contributed by atoms with E-state index < -0.39 is 17.7 Å². The molecule has 0 bridgehead atoms. The van der Waals surface area contributed by atoms with Crippen LogP contribution in [0.25, 0.3) is 0 Å². The predicted molar refractivity (Wildman–Crippen MR) is 120 cm³/mol. The molecule has 1 heterocycles. The smallest absolute Gasteiger partial charge is 0.410 e. The first-order chi connectivity index (χ1) is 14.6. The summed E-state index contributed by atoms with van der Waals surface area (Å²) in [4.78, 5) is 35.8. The second kappa shape index (κ2) is 10.7. The molecule has 31 heavy (non-hydrogen) atoms. The molecule has 0 fully saturated rings. The third kappa shape index (κ3) is 7.88. The van der Waals surface area contributed by atoms with Gasteiger partial charge in [0.25, 0.3) is 0 Å². The first kappa shape index (κ1) is 24.1. The summed E-state index contributed by atoms with van der Waals surface area (Å²) in [6, 6.07) is 10.1. The van der Waals surface area contributed by atoms with E-state index in [1.54, 1.807) is 7.05 Å². The number of carbonyl (C=O) groups excluding carboxylic acids is 1. The predicted octanol–water partition coefficient (Wildman–Crippen LogP) is 3.65. The Labute approximate surface area is 183 Å². The number of amides is 1. The number of carboxylic acids is 1. The summed E-state index contributed by atoms with van der Waals surface area (Å²) in [5, 5.41) is 9.49. The van der Waals surface area contributed by atoms with E-state index in [0.717, 1.165) is 6.42 Å². The summed E-state index contributed by atoms with van der Waals surface area (Å²) < 4.78 is 5.34. The monoisotopic (exact) mass is 428 g/mol. The quantitative estimate of drug-likeness (QED) is 0.651. The van der Waals surface area contributed by atoms with Crippen LogP contribution in [0.5, 0.6) is 0 Å². The van der Waals surface area contributed by atoms with Gasteiger partial charge in [-0.05, 0) is 45.6 Å². The number of hydrogen-bond donors (Lipinski definition) is 1. The van der Waals surface area contributed by atoms with Crippen molar-refractivity contribution in [2.45, 2.75) is 45.6 Å². The van der Waals surface area contributed by atoms with E-state index in [4.69, 9.17) is 4.74 Å². The highest BCUT2D eigenvalue weighted by Crippen LogP contribution is 2.15. The second-order valence-corrected chi connectivity index (χ2v) is 8.50. The van der Waals surface area contributed by atoms with Gasteiger partial charge in [-0.2, -0.15) is 0 Å². The summed E-state index contributed by atoms with van der Waals surface area (Å²) in [7, 11) is 3.55. The van der Waals surface area contributed by atoms with E-state index in [1.807, 2.05) is 50.9 Å². The first-order valence-electron chi connectivity index (χ1n) is 10.3. The highest BCUT2D eigenvalue weighted by Gasteiger charge is 2.20. The fraction of sp³-hybridized carbons (Fsp3) is 0.478. The van der Waals surface area contributed by atoms with E-state index in [-0.39, 0.29) is 5.56 Å². The molecule has 0 saturated carbocycles. The summed E-state index contributed by atoms with van der Waals surface area (Å²) in [6.07, 6.45) is 2.75. The maximum Gasteiger partial charge on any atom is 0.410 e. The van der Waals surface area contributed by atoms with Crippen molar-refractivity contribution in [1.29, 1.82) is 0 Å². The molecule has 0 saturated heterocycles. The highest BCUT2D eigenvalue weighted by atomic mass is 16.6. The molecule has 8 heteroatoms. The molecule has 8 nitrogen and oxygen atoms in total. The van der Waals surface area contributed by atoms with Gasteiger partial charge in [-0.1, -0.05) is 30.3 Å². The topological polar surface area (TPSA) is 95.9 Å². The van der Waals surface area contributed by atoms with Gasteiger partial charge >= 0.3 is 12.1 Å². The fourth-order valence-electron chi connectivity index (χ4n) is 2.92. The van der Waals surface area contributed by atoms with Crippen LogP contribution in [0.4, 0.5) is 10.7 Å². The largest absolute Gasteiger partial charge is 0.478 e. The molecule has 2 aromatic rings. The molecule has 0 spiro atoms. The van der Waals surface area contributed by atoms with Crippen molar-refractivity contribution in [2.75, 3.05) is 32.1 Å². The molecule has 1 N–H and O–H groups in total. The maximum atomic E-state index is 12.1. The zero-order valence-electron chi connectivity index (χ0n) is 19.0. The lowest BCUT2D eigenvalue weighted by atomic mass is 10.1. The molecule has 0 atom stereocenters. The molecule has 0 aliphatic carbocycles. The van der Waals surface area contributed by atoms with Crippen molar-refractivity contribution in [1.82, 2.24) is 14.9 Å². The minimum absolute atomic E-state index is 0.0835. The maximum absolute atomic E-state index is 12.1. The first-order valence-corrected chi connectivity index (χ1v) is 10.3. The van der Waals surface area contributed by atoms with Crippen molar-refractivity contribution < 1.29 is 19.4 Å². The minimum Gasteiger partial charge on any atom is -0.478 e. The van der Waals surface area contributed by atoms with Crippen LogP contribution < -0.4 is 4.90 Å². The van der Waals surface area contributed by atoms with Gasteiger partial charge < -0.3 is 19.6 Å². The van der Waals surface area contributed by atoms with Crippen LogP contribution in [0, 0.1) is 0 Å². The Bertz CT molecular complexity index is 881. The van der Waals surface area contributed by atoms with Crippen molar-refractivity contribution >= 4 is 18.0 Å². The molecule has 168 valence electrons. The number of benzene rings is 1. The Morgan fingerprint density at radius 2 is 1.74 bits per heavy atom. The number of rotatable bonds is 9. The molecular formula is C23H32N4O4. The lowest BCUT2D eigenvalue weighted by Gasteiger charge is -2.24. The number of aryl methyl sites for hydroxylation is 1. The molecular weight excluding hydrogens is 396 g/mol. The van der Waals surface area contributed by atoms with Crippen LogP contribution in [-0.2, 0) is 17.6 Å². The van der Waals surface area contributed by atoms with Crippen molar-refractivity contribution in [2.24, 2.45) is 0 Å². The van der Waals surface area contributed by atoms with Gasteiger partial charge in [0.1, 0.15) is 5.60 Å². The number of aromatic nitrogens is 2. The minimum atomic E-state index is -1.06. The molecule has 1 amide bonds. The lowest BCUT2D eigenvalue weighted by Crippen LogP contribution is -2.34. The summed E-state index contributed by atoms with van der Waals surface area (Å²) in [5.74, 6) is -0.578.